The van der Waals surface area contributed by atoms with E-state index < -0.39 is 0 Å². The molecule has 0 atom stereocenters. The fourth-order valence-corrected chi connectivity index (χ4v) is 3.01. The minimum absolute atomic E-state index is 0.487. The number of imidazole rings is 1. The highest BCUT2D eigenvalue weighted by Crippen LogP contribution is 2.20. The van der Waals surface area contributed by atoms with Crippen LogP contribution in [0.3, 0.4) is 0 Å². The van der Waals surface area contributed by atoms with E-state index in [0.29, 0.717) is 5.88 Å². The first-order valence-corrected chi connectivity index (χ1v) is 8.67. The normalized spacial score (nSPS) is 11.7. The molecule has 0 fully saturated rings. The number of halogens is 1. The molecule has 2 nitrogen and oxygen atoms in total. The highest BCUT2D eigenvalue weighted by atomic mass is 35.5. The van der Waals surface area contributed by atoms with Crippen LogP contribution >= 0.6 is 11.6 Å². The molecule has 0 aliphatic rings. The molecule has 0 unspecified atom stereocenters. The molecular weight excluding hydrogens is 280 g/mol. The highest BCUT2D eigenvalue weighted by Gasteiger charge is 2.09. The molecule has 1 aromatic carbocycles. The van der Waals surface area contributed by atoms with Gasteiger partial charge in [0.2, 0.25) is 0 Å². The summed E-state index contributed by atoms with van der Waals surface area (Å²) in [4.78, 5) is 4.64. The minimum Gasteiger partial charge on any atom is -0.327 e. The van der Waals surface area contributed by atoms with E-state index in [1.165, 1.54) is 43.2 Å². The lowest BCUT2D eigenvalue weighted by molar-refractivity contribution is 0.505. The zero-order valence-corrected chi connectivity index (χ0v) is 14.3. The van der Waals surface area contributed by atoms with Gasteiger partial charge < -0.3 is 4.57 Å². The largest absolute Gasteiger partial charge is 0.327 e. The Morgan fingerprint density at radius 1 is 1.14 bits per heavy atom. The van der Waals surface area contributed by atoms with Gasteiger partial charge in [-0.05, 0) is 37.0 Å². The first-order chi connectivity index (χ1) is 10.1. The van der Waals surface area contributed by atoms with Crippen LogP contribution in [0.15, 0.2) is 18.2 Å². The van der Waals surface area contributed by atoms with Crippen molar-refractivity contribution in [3.63, 3.8) is 0 Å². The summed E-state index contributed by atoms with van der Waals surface area (Å²) in [7, 11) is 0. The van der Waals surface area contributed by atoms with Gasteiger partial charge in [-0.3, -0.25) is 0 Å². The summed E-state index contributed by atoms with van der Waals surface area (Å²) >= 11 is 6.06. The third-order valence-electron chi connectivity index (χ3n) is 4.02. The SMILES string of the molecule is Cc1ccc2nc(CCl)n(CCCCCCC(C)C)c2c1. The summed E-state index contributed by atoms with van der Waals surface area (Å²) in [5, 5.41) is 0. The molecule has 0 N–H and O–H groups in total. The van der Waals surface area contributed by atoms with Crippen LogP contribution in [0, 0.1) is 12.8 Å². The molecule has 21 heavy (non-hydrogen) atoms. The summed E-state index contributed by atoms with van der Waals surface area (Å²) in [5.74, 6) is 2.31. The van der Waals surface area contributed by atoms with E-state index in [4.69, 9.17) is 11.6 Å². The maximum absolute atomic E-state index is 6.06. The summed E-state index contributed by atoms with van der Waals surface area (Å²) in [6.45, 7) is 7.76. The molecule has 0 radical (unpaired) electrons. The van der Waals surface area contributed by atoms with Crippen molar-refractivity contribution in [1.29, 1.82) is 0 Å². The molecule has 2 rings (SSSR count). The molecule has 2 aromatic rings. The Morgan fingerprint density at radius 2 is 1.90 bits per heavy atom. The van der Waals surface area contributed by atoms with Gasteiger partial charge in [-0.2, -0.15) is 0 Å². The number of rotatable bonds is 8. The Balaban J connectivity index is 1.95. The number of unbranched alkanes of at least 4 members (excludes halogenated alkanes) is 3. The van der Waals surface area contributed by atoms with Crippen molar-refractivity contribution in [1.82, 2.24) is 9.55 Å². The van der Waals surface area contributed by atoms with Gasteiger partial charge in [0.15, 0.2) is 0 Å². The molecule has 3 heteroatoms. The highest BCUT2D eigenvalue weighted by molar-refractivity contribution is 6.16. The first kappa shape index (κ1) is 16.4. The third-order valence-corrected chi connectivity index (χ3v) is 4.25. The summed E-state index contributed by atoms with van der Waals surface area (Å²) < 4.78 is 2.30. The number of benzene rings is 1. The maximum Gasteiger partial charge on any atom is 0.124 e. The first-order valence-electron chi connectivity index (χ1n) is 8.13. The maximum atomic E-state index is 6.06. The van der Waals surface area contributed by atoms with Crippen molar-refractivity contribution in [3.8, 4) is 0 Å². The van der Waals surface area contributed by atoms with Crippen molar-refractivity contribution in [3.05, 3.63) is 29.6 Å². The molecule has 0 amide bonds. The van der Waals surface area contributed by atoms with Gasteiger partial charge in [-0.25, -0.2) is 4.98 Å². The molecular formula is C18H27ClN2. The number of nitrogens with zero attached hydrogens (tertiary/aromatic N) is 2. The zero-order valence-electron chi connectivity index (χ0n) is 13.5. The summed E-state index contributed by atoms with van der Waals surface area (Å²) in [6, 6.07) is 6.43. The number of hydrogen-bond donors (Lipinski definition) is 0. The topological polar surface area (TPSA) is 17.8 Å². The van der Waals surface area contributed by atoms with Gasteiger partial charge in [-0.1, -0.05) is 45.6 Å². The van der Waals surface area contributed by atoms with Crippen molar-refractivity contribution in [2.45, 2.75) is 65.3 Å². The molecule has 0 saturated heterocycles. The molecule has 0 aliphatic heterocycles. The van der Waals surface area contributed by atoms with Crippen LogP contribution < -0.4 is 0 Å². The average molecular weight is 307 g/mol. The second kappa shape index (κ2) is 7.84. The predicted octanol–water partition coefficient (Wildman–Crippen LogP) is 5.69. The fraction of sp³-hybridized carbons (Fsp3) is 0.611. The second-order valence-electron chi connectivity index (χ2n) is 6.40. The van der Waals surface area contributed by atoms with Crippen molar-refractivity contribution in [2.75, 3.05) is 0 Å². The van der Waals surface area contributed by atoms with Gasteiger partial charge in [0.25, 0.3) is 0 Å². The monoisotopic (exact) mass is 306 g/mol. The van der Waals surface area contributed by atoms with E-state index in [2.05, 4.69) is 48.5 Å². The zero-order chi connectivity index (χ0) is 15.2. The lowest BCUT2D eigenvalue weighted by Crippen LogP contribution is -2.02. The third kappa shape index (κ3) is 4.47. The van der Waals surface area contributed by atoms with Crippen molar-refractivity contribution in [2.24, 2.45) is 5.92 Å². The van der Waals surface area contributed by atoms with Crippen LogP contribution in [0.25, 0.3) is 11.0 Å². The molecule has 116 valence electrons. The van der Waals surface area contributed by atoms with E-state index in [-0.39, 0.29) is 0 Å². The van der Waals surface area contributed by atoms with Gasteiger partial charge in [0, 0.05) is 6.54 Å². The Kier molecular flexibility index (Phi) is 6.10. The molecule has 1 heterocycles. The predicted molar refractivity (Wildman–Crippen MR) is 92.0 cm³/mol. The van der Waals surface area contributed by atoms with Crippen LogP contribution in [-0.4, -0.2) is 9.55 Å². The lowest BCUT2D eigenvalue weighted by Gasteiger charge is -2.08. The molecule has 0 bridgehead atoms. The van der Waals surface area contributed by atoms with Gasteiger partial charge in [-0.15, -0.1) is 11.6 Å². The number of aromatic nitrogens is 2. The molecule has 1 aromatic heterocycles. The van der Waals surface area contributed by atoms with Crippen LogP contribution in [0.1, 0.15) is 57.3 Å². The summed E-state index contributed by atoms with van der Waals surface area (Å²) in [6.07, 6.45) is 6.53. The standard InChI is InChI=1S/C18H27ClN2/c1-14(2)8-6-4-5-7-11-21-17-12-15(3)9-10-16(17)20-18(21)13-19/h9-10,12,14H,4-8,11,13H2,1-3H3. The van der Waals surface area contributed by atoms with Crippen molar-refractivity contribution < 1.29 is 0 Å². The Bertz CT molecular complexity index is 572. The number of alkyl halides is 1. The second-order valence-corrected chi connectivity index (χ2v) is 6.67. The minimum atomic E-state index is 0.487. The number of hydrogen-bond acceptors (Lipinski definition) is 1. The Labute approximate surface area is 133 Å². The van der Waals surface area contributed by atoms with Gasteiger partial charge in [0.1, 0.15) is 5.82 Å². The quantitative estimate of drug-likeness (QED) is 0.452. The van der Waals surface area contributed by atoms with E-state index in [0.717, 1.165) is 23.8 Å². The fourth-order valence-electron chi connectivity index (χ4n) is 2.81. The van der Waals surface area contributed by atoms with Gasteiger partial charge in [0.05, 0.1) is 16.9 Å². The van der Waals surface area contributed by atoms with E-state index in [9.17, 15) is 0 Å². The molecule has 0 spiro atoms. The number of fused-ring (bicyclic) bond motifs is 1. The van der Waals surface area contributed by atoms with Crippen LogP contribution in [0.4, 0.5) is 0 Å². The van der Waals surface area contributed by atoms with Crippen molar-refractivity contribution >= 4 is 22.6 Å². The van der Waals surface area contributed by atoms with Crippen LogP contribution in [-0.2, 0) is 12.4 Å². The average Bonchev–Trinajstić information content (AvgIpc) is 2.79. The molecule has 0 aliphatic carbocycles. The lowest BCUT2D eigenvalue weighted by atomic mass is 10.0. The van der Waals surface area contributed by atoms with Crippen LogP contribution in [0.5, 0.6) is 0 Å². The van der Waals surface area contributed by atoms with Gasteiger partial charge >= 0.3 is 0 Å². The smallest absolute Gasteiger partial charge is 0.124 e. The van der Waals surface area contributed by atoms with Crippen LogP contribution in [0.2, 0.25) is 0 Å². The number of aryl methyl sites for hydroxylation is 2. The summed E-state index contributed by atoms with van der Waals surface area (Å²) in [5.41, 5.74) is 3.57. The Hall–Kier alpha value is -1.02. The Morgan fingerprint density at radius 3 is 2.62 bits per heavy atom. The van der Waals surface area contributed by atoms with E-state index in [1.807, 2.05) is 0 Å². The van der Waals surface area contributed by atoms with E-state index >= 15 is 0 Å². The molecule has 0 saturated carbocycles. The van der Waals surface area contributed by atoms with E-state index in [1.54, 1.807) is 0 Å².